The summed E-state index contributed by atoms with van der Waals surface area (Å²) in [6.45, 7) is 6.56. The zero-order valence-electron chi connectivity index (χ0n) is 19.5. The Kier molecular flexibility index (Phi) is 8.54. The average molecular weight is 441 g/mol. The normalized spacial score (nSPS) is 16.5. The Balaban J connectivity index is 1.93. The van der Waals surface area contributed by atoms with Crippen molar-refractivity contribution in [2.75, 3.05) is 10.6 Å². The predicted molar refractivity (Wildman–Crippen MR) is 130 cm³/mol. The third kappa shape index (κ3) is 6.47. The van der Waals surface area contributed by atoms with Gasteiger partial charge in [0.05, 0.1) is 17.8 Å². The first-order valence-corrected chi connectivity index (χ1v) is 12.0. The summed E-state index contributed by atoms with van der Waals surface area (Å²) < 4.78 is 13.4. The van der Waals surface area contributed by atoms with E-state index < -0.39 is 5.97 Å². The highest BCUT2D eigenvalue weighted by Gasteiger charge is 2.27. The van der Waals surface area contributed by atoms with E-state index in [-0.39, 0.29) is 18.2 Å². The molecular weight excluding hydrogens is 403 g/mol. The van der Waals surface area contributed by atoms with Crippen molar-refractivity contribution in [3.63, 3.8) is 0 Å². The summed E-state index contributed by atoms with van der Waals surface area (Å²) in [5, 5.41) is 16.6. The number of aliphatic carboxylic acids is 1. The molecule has 0 bridgehead atoms. The molecule has 0 amide bonds. The van der Waals surface area contributed by atoms with Crippen LogP contribution in [0.15, 0.2) is 42.5 Å². The minimum absolute atomic E-state index is 0.0467. The maximum Gasteiger partial charge on any atom is 0.303 e. The Morgan fingerprint density at radius 3 is 2.34 bits per heavy atom. The van der Waals surface area contributed by atoms with Gasteiger partial charge in [-0.3, -0.25) is 4.79 Å². The summed E-state index contributed by atoms with van der Waals surface area (Å²) in [5.74, 6) is 0.0375. The van der Waals surface area contributed by atoms with E-state index in [1.54, 1.807) is 12.1 Å². The standard InChI is InChI=1S/C27H37FN2O2/c1-4-19(17-26(31)32)21-10-15-24(25(16-21)29-23-13-11-22(28)12-14-23)30-27(18(2)3)20-8-6-5-7-9-20/h10-16,18-20,27,29-30H,4-9,17H2,1-3H3,(H,31,32). The van der Waals surface area contributed by atoms with Crippen LogP contribution >= 0.6 is 0 Å². The molecule has 5 heteroatoms. The average Bonchev–Trinajstić information content (AvgIpc) is 2.78. The van der Waals surface area contributed by atoms with Gasteiger partial charge in [-0.2, -0.15) is 0 Å². The summed E-state index contributed by atoms with van der Waals surface area (Å²) in [4.78, 5) is 11.3. The summed E-state index contributed by atoms with van der Waals surface area (Å²) in [6, 6.07) is 12.9. The van der Waals surface area contributed by atoms with Crippen LogP contribution in [0.5, 0.6) is 0 Å². The van der Waals surface area contributed by atoms with Crippen molar-refractivity contribution >= 4 is 23.0 Å². The summed E-state index contributed by atoms with van der Waals surface area (Å²) in [6.07, 6.45) is 7.29. The van der Waals surface area contributed by atoms with Crippen molar-refractivity contribution in [3.05, 3.63) is 53.8 Å². The number of nitrogens with one attached hydrogen (secondary N) is 2. The number of benzene rings is 2. The molecule has 0 aliphatic heterocycles. The highest BCUT2D eigenvalue weighted by molar-refractivity contribution is 5.76. The topological polar surface area (TPSA) is 61.4 Å². The number of halogens is 1. The fourth-order valence-electron chi connectivity index (χ4n) is 4.94. The maximum atomic E-state index is 13.4. The number of carbonyl (C=O) groups is 1. The summed E-state index contributed by atoms with van der Waals surface area (Å²) in [5.41, 5.74) is 3.72. The maximum absolute atomic E-state index is 13.4. The molecule has 2 aromatic rings. The molecule has 0 aromatic heterocycles. The van der Waals surface area contributed by atoms with E-state index in [1.165, 1.54) is 44.2 Å². The Bertz CT molecular complexity index is 876. The van der Waals surface area contributed by atoms with Crippen molar-refractivity contribution in [1.29, 1.82) is 0 Å². The van der Waals surface area contributed by atoms with Crippen molar-refractivity contribution in [2.45, 2.75) is 77.7 Å². The first kappa shape index (κ1) is 24.1. The lowest BCUT2D eigenvalue weighted by atomic mass is 9.79. The second-order valence-corrected chi connectivity index (χ2v) is 9.45. The van der Waals surface area contributed by atoms with Gasteiger partial charge in [-0.1, -0.05) is 46.1 Å². The van der Waals surface area contributed by atoms with Crippen LogP contribution < -0.4 is 10.6 Å². The SMILES string of the molecule is CCC(CC(=O)O)c1ccc(NC(C(C)C)C2CCCCC2)c(Nc2ccc(F)cc2)c1. The molecule has 32 heavy (non-hydrogen) atoms. The van der Waals surface area contributed by atoms with Crippen LogP contribution in [0, 0.1) is 17.7 Å². The van der Waals surface area contributed by atoms with E-state index in [0.29, 0.717) is 17.9 Å². The molecule has 0 radical (unpaired) electrons. The van der Waals surface area contributed by atoms with Gasteiger partial charge in [0, 0.05) is 11.7 Å². The molecule has 3 N–H and O–H groups in total. The molecule has 0 spiro atoms. The fourth-order valence-corrected chi connectivity index (χ4v) is 4.94. The zero-order valence-corrected chi connectivity index (χ0v) is 19.5. The highest BCUT2D eigenvalue weighted by atomic mass is 19.1. The lowest BCUT2D eigenvalue weighted by Crippen LogP contribution is -2.35. The highest BCUT2D eigenvalue weighted by Crippen LogP contribution is 2.36. The number of hydrogen-bond acceptors (Lipinski definition) is 3. The largest absolute Gasteiger partial charge is 0.481 e. The molecule has 3 rings (SSSR count). The Hall–Kier alpha value is -2.56. The number of hydrogen-bond donors (Lipinski definition) is 3. The Labute approximate surface area is 191 Å². The molecule has 2 atom stereocenters. The van der Waals surface area contributed by atoms with E-state index in [2.05, 4.69) is 36.6 Å². The Morgan fingerprint density at radius 2 is 1.75 bits per heavy atom. The van der Waals surface area contributed by atoms with Gasteiger partial charge in [0.1, 0.15) is 5.82 Å². The first-order chi connectivity index (χ1) is 15.4. The molecule has 2 aromatic carbocycles. The van der Waals surface area contributed by atoms with E-state index in [9.17, 15) is 14.3 Å². The minimum atomic E-state index is -0.788. The molecule has 1 aliphatic carbocycles. The molecular formula is C27H37FN2O2. The van der Waals surface area contributed by atoms with Crippen LogP contribution in [0.2, 0.25) is 0 Å². The van der Waals surface area contributed by atoms with E-state index in [0.717, 1.165) is 29.0 Å². The summed E-state index contributed by atoms with van der Waals surface area (Å²) in [7, 11) is 0. The quantitative estimate of drug-likeness (QED) is 0.357. The molecule has 0 saturated heterocycles. The van der Waals surface area contributed by atoms with Crippen LogP contribution in [0.1, 0.15) is 77.2 Å². The van der Waals surface area contributed by atoms with Gasteiger partial charge in [0.2, 0.25) is 0 Å². The monoisotopic (exact) mass is 440 g/mol. The van der Waals surface area contributed by atoms with E-state index >= 15 is 0 Å². The van der Waals surface area contributed by atoms with Crippen molar-refractivity contribution < 1.29 is 14.3 Å². The predicted octanol–water partition coefficient (Wildman–Crippen LogP) is 7.55. The number of carboxylic acid groups (broad SMARTS) is 1. The van der Waals surface area contributed by atoms with E-state index in [4.69, 9.17) is 0 Å². The number of anilines is 3. The lowest BCUT2D eigenvalue weighted by Gasteiger charge is -2.35. The van der Waals surface area contributed by atoms with Crippen LogP contribution in [0.3, 0.4) is 0 Å². The van der Waals surface area contributed by atoms with Crippen LogP contribution in [0.4, 0.5) is 21.5 Å². The third-order valence-corrected chi connectivity index (χ3v) is 6.75. The van der Waals surface area contributed by atoms with Crippen molar-refractivity contribution in [3.8, 4) is 0 Å². The van der Waals surface area contributed by atoms with Crippen molar-refractivity contribution in [2.24, 2.45) is 11.8 Å². The Morgan fingerprint density at radius 1 is 1.06 bits per heavy atom. The van der Waals surface area contributed by atoms with Crippen LogP contribution in [0.25, 0.3) is 0 Å². The molecule has 1 fully saturated rings. The lowest BCUT2D eigenvalue weighted by molar-refractivity contribution is -0.137. The van der Waals surface area contributed by atoms with Crippen LogP contribution in [-0.2, 0) is 4.79 Å². The minimum Gasteiger partial charge on any atom is -0.481 e. The second-order valence-electron chi connectivity index (χ2n) is 9.45. The van der Waals surface area contributed by atoms with Crippen molar-refractivity contribution in [1.82, 2.24) is 0 Å². The van der Waals surface area contributed by atoms with E-state index in [1.807, 2.05) is 13.0 Å². The van der Waals surface area contributed by atoms with Gasteiger partial charge in [-0.15, -0.1) is 0 Å². The number of carboxylic acids is 1. The van der Waals surface area contributed by atoms with Gasteiger partial charge in [-0.25, -0.2) is 4.39 Å². The van der Waals surface area contributed by atoms with Gasteiger partial charge in [0.25, 0.3) is 0 Å². The van der Waals surface area contributed by atoms with Gasteiger partial charge < -0.3 is 15.7 Å². The first-order valence-electron chi connectivity index (χ1n) is 12.0. The number of rotatable bonds is 10. The fraction of sp³-hybridized carbons (Fsp3) is 0.519. The van der Waals surface area contributed by atoms with Gasteiger partial charge >= 0.3 is 5.97 Å². The third-order valence-electron chi connectivity index (χ3n) is 6.75. The molecule has 4 nitrogen and oxygen atoms in total. The van der Waals surface area contributed by atoms with Gasteiger partial charge in [0.15, 0.2) is 0 Å². The molecule has 0 heterocycles. The molecule has 2 unspecified atom stereocenters. The van der Waals surface area contributed by atoms with Crippen LogP contribution in [-0.4, -0.2) is 17.1 Å². The molecule has 1 aliphatic rings. The zero-order chi connectivity index (χ0) is 23.1. The second kappa shape index (κ2) is 11.3. The molecule has 1 saturated carbocycles. The van der Waals surface area contributed by atoms with Gasteiger partial charge in [-0.05, 0) is 79.0 Å². The summed E-state index contributed by atoms with van der Waals surface area (Å²) >= 11 is 0. The molecule has 174 valence electrons. The smallest absolute Gasteiger partial charge is 0.303 e.